The molecule has 2 heterocycles. The molecule has 0 aromatic carbocycles. The van der Waals surface area contributed by atoms with Gasteiger partial charge in [-0.15, -0.1) is 0 Å². The van der Waals surface area contributed by atoms with E-state index < -0.39 is 0 Å². The maximum Gasteiger partial charge on any atom is 0.325 e. The van der Waals surface area contributed by atoms with Gasteiger partial charge in [0.15, 0.2) is 5.82 Å². The van der Waals surface area contributed by atoms with Crippen molar-refractivity contribution in [3.05, 3.63) is 18.4 Å². The number of amides is 2. The van der Waals surface area contributed by atoms with E-state index in [0.29, 0.717) is 12.4 Å². The van der Waals surface area contributed by atoms with Crippen LogP contribution < -0.4 is 4.90 Å². The predicted octanol–water partition coefficient (Wildman–Crippen LogP) is 2.01. The Hall–Kier alpha value is -1.52. The number of hydrogen-bond acceptors (Lipinski definition) is 3. The molecule has 0 atom stereocenters. The standard InChI is InChI=1S/C11H16N3O2/c1-11(2,3)8-7-9(12-16-8)14-6-5-13(4)10(14)15/h6-7H,5H2,1-4H3. The molecule has 1 fully saturated rings. The van der Waals surface area contributed by atoms with Crippen LogP contribution in [0.5, 0.6) is 0 Å². The summed E-state index contributed by atoms with van der Waals surface area (Å²) in [5, 5.41) is 3.92. The Bertz CT molecular complexity index is 406. The van der Waals surface area contributed by atoms with Crippen LogP contribution in [-0.2, 0) is 5.41 Å². The van der Waals surface area contributed by atoms with E-state index in [-0.39, 0.29) is 11.4 Å². The van der Waals surface area contributed by atoms with Gasteiger partial charge >= 0.3 is 6.03 Å². The van der Waals surface area contributed by atoms with Crippen LogP contribution in [0.3, 0.4) is 0 Å². The van der Waals surface area contributed by atoms with Gasteiger partial charge in [-0.3, -0.25) is 4.90 Å². The van der Waals surface area contributed by atoms with Gasteiger partial charge in [0.2, 0.25) is 0 Å². The minimum absolute atomic E-state index is 0.0752. The van der Waals surface area contributed by atoms with Crippen LogP contribution in [0.25, 0.3) is 0 Å². The molecule has 0 unspecified atom stereocenters. The van der Waals surface area contributed by atoms with Crippen LogP contribution in [0.1, 0.15) is 26.5 Å². The zero-order chi connectivity index (χ0) is 11.9. The molecule has 2 amide bonds. The molecule has 1 aliphatic heterocycles. The monoisotopic (exact) mass is 222 g/mol. The highest BCUT2D eigenvalue weighted by molar-refractivity contribution is 5.94. The molecule has 2 rings (SSSR count). The van der Waals surface area contributed by atoms with E-state index in [1.807, 2.05) is 26.8 Å². The summed E-state index contributed by atoms with van der Waals surface area (Å²) in [6, 6.07) is 1.74. The number of anilines is 1. The molecule has 0 spiro atoms. The highest BCUT2D eigenvalue weighted by Gasteiger charge is 2.30. The molecule has 0 N–H and O–H groups in total. The first kappa shape index (κ1) is 11.0. The number of nitrogens with zero attached hydrogens (tertiary/aromatic N) is 3. The minimum Gasteiger partial charge on any atom is -0.359 e. The van der Waals surface area contributed by atoms with Gasteiger partial charge in [0, 0.05) is 25.1 Å². The van der Waals surface area contributed by atoms with E-state index in [1.54, 1.807) is 18.5 Å². The Morgan fingerprint density at radius 2 is 2.12 bits per heavy atom. The largest absolute Gasteiger partial charge is 0.359 e. The van der Waals surface area contributed by atoms with Crippen molar-refractivity contribution in [3.63, 3.8) is 0 Å². The van der Waals surface area contributed by atoms with Crippen molar-refractivity contribution < 1.29 is 9.32 Å². The maximum atomic E-state index is 11.7. The zero-order valence-corrected chi connectivity index (χ0v) is 10.0. The number of carbonyl (C=O) groups is 1. The summed E-state index contributed by atoms with van der Waals surface area (Å²) in [6.45, 7) is 8.53. The fourth-order valence-corrected chi connectivity index (χ4v) is 1.47. The first-order chi connectivity index (χ1) is 7.39. The van der Waals surface area contributed by atoms with Gasteiger partial charge in [-0.25, -0.2) is 4.79 Å². The fraction of sp³-hybridized carbons (Fsp3) is 0.545. The molecule has 16 heavy (non-hydrogen) atoms. The summed E-state index contributed by atoms with van der Waals surface area (Å²) in [5.41, 5.74) is -0.0973. The molecule has 1 aromatic heterocycles. The lowest BCUT2D eigenvalue weighted by Crippen LogP contribution is -2.28. The van der Waals surface area contributed by atoms with Crippen LogP contribution in [0.2, 0.25) is 0 Å². The quantitative estimate of drug-likeness (QED) is 0.730. The Labute approximate surface area is 95.0 Å². The van der Waals surface area contributed by atoms with Gasteiger partial charge in [0.1, 0.15) is 5.76 Å². The van der Waals surface area contributed by atoms with Gasteiger partial charge in [0.25, 0.3) is 0 Å². The second-order valence-electron chi connectivity index (χ2n) is 5.02. The zero-order valence-electron chi connectivity index (χ0n) is 10.0. The van der Waals surface area contributed by atoms with Crippen LogP contribution in [0.4, 0.5) is 10.6 Å². The number of carbonyl (C=O) groups excluding carboxylic acids is 1. The van der Waals surface area contributed by atoms with E-state index in [4.69, 9.17) is 4.52 Å². The lowest BCUT2D eigenvalue weighted by atomic mass is 9.93. The Kier molecular flexibility index (Phi) is 2.40. The van der Waals surface area contributed by atoms with Crippen molar-refractivity contribution in [2.75, 3.05) is 18.5 Å². The summed E-state index contributed by atoms with van der Waals surface area (Å²) in [7, 11) is 1.75. The molecule has 1 radical (unpaired) electrons. The van der Waals surface area contributed by atoms with Crippen molar-refractivity contribution in [1.82, 2.24) is 10.1 Å². The third kappa shape index (κ3) is 1.77. The normalized spacial score (nSPS) is 17.4. The lowest BCUT2D eigenvalue weighted by Gasteiger charge is -2.13. The second kappa shape index (κ2) is 3.50. The van der Waals surface area contributed by atoms with E-state index >= 15 is 0 Å². The topological polar surface area (TPSA) is 49.6 Å². The Morgan fingerprint density at radius 1 is 1.44 bits per heavy atom. The van der Waals surface area contributed by atoms with E-state index in [9.17, 15) is 4.79 Å². The summed E-state index contributed by atoms with van der Waals surface area (Å²) in [5.74, 6) is 1.33. The van der Waals surface area contributed by atoms with Crippen LogP contribution in [-0.4, -0.2) is 29.7 Å². The minimum atomic E-state index is -0.0973. The number of urea groups is 1. The molecule has 5 heteroatoms. The van der Waals surface area contributed by atoms with Gasteiger partial charge in [-0.2, -0.15) is 0 Å². The summed E-state index contributed by atoms with van der Waals surface area (Å²) < 4.78 is 5.24. The third-order valence-electron chi connectivity index (χ3n) is 2.55. The summed E-state index contributed by atoms with van der Waals surface area (Å²) >= 11 is 0. The van der Waals surface area contributed by atoms with E-state index in [2.05, 4.69) is 5.16 Å². The second-order valence-corrected chi connectivity index (χ2v) is 5.02. The average molecular weight is 222 g/mol. The van der Waals surface area contributed by atoms with Crippen molar-refractivity contribution in [2.24, 2.45) is 0 Å². The van der Waals surface area contributed by atoms with Crippen LogP contribution in [0, 0.1) is 6.54 Å². The van der Waals surface area contributed by atoms with Crippen molar-refractivity contribution in [1.29, 1.82) is 0 Å². The van der Waals surface area contributed by atoms with E-state index in [0.717, 1.165) is 5.76 Å². The third-order valence-corrected chi connectivity index (χ3v) is 2.55. The Morgan fingerprint density at radius 3 is 2.56 bits per heavy atom. The number of rotatable bonds is 1. The molecule has 1 aromatic rings. The molecule has 87 valence electrons. The first-order valence-corrected chi connectivity index (χ1v) is 5.24. The number of hydrogen-bond donors (Lipinski definition) is 0. The predicted molar refractivity (Wildman–Crippen MR) is 60.0 cm³/mol. The first-order valence-electron chi connectivity index (χ1n) is 5.24. The average Bonchev–Trinajstić information content (AvgIpc) is 2.74. The Balaban J connectivity index is 2.23. The summed E-state index contributed by atoms with van der Waals surface area (Å²) in [4.78, 5) is 14.8. The van der Waals surface area contributed by atoms with Gasteiger partial charge in [-0.1, -0.05) is 25.9 Å². The SMILES string of the molecule is CN1C[CH]N(c2cc(C(C)(C)C)on2)C1=O. The lowest BCUT2D eigenvalue weighted by molar-refractivity contribution is 0.229. The van der Waals surface area contributed by atoms with Crippen molar-refractivity contribution in [2.45, 2.75) is 26.2 Å². The molecule has 0 bridgehead atoms. The number of likely N-dealkylation sites (N-methyl/N-ethyl adjacent to an activating group) is 1. The van der Waals surface area contributed by atoms with Crippen LogP contribution >= 0.6 is 0 Å². The van der Waals surface area contributed by atoms with Crippen molar-refractivity contribution >= 4 is 11.8 Å². The van der Waals surface area contributed by atoms with Gasteiger partial charge in [-0.05, 0) is 0 Å². The highest BCUT2D eigenvalue weighted by atomic mass is 16.5. The summed E-state index contributed by atoms with van der Waals surface area (Å²) in [6.07, 6.45) is 0. The molecule has 0 aliphatic carbocycles. The van der Waals surface area contributed by atoms with Crippen LogP contribution in [0.15, 0.2) is 10.6 Å². The van der Waals surface area contributed by atoms with Gasteiger partial charge in [0.05, 0.1) is 6.54 Å². The number of aromatic nitrogens is 1. The molecule has 1 aliphatic rings. The molecular weight excluding hydrogens is 206 g/mol. The maximum absolute atomic E-state index is 11.7. The molecular formula is C11H16N3O2. The fourth-order valence-electron chi connectivity index (χ4n) is 1.47. The van der Waals surface area contributed by atoms with E-state index in [1.165, 1.54) is 4.90 Å². The molecule has 5 nitrogen and oxygen atoms in total. The molecule has 0 saturated carbocycles. The van der Waals surface area contributed by atoms with Gasteiger partial charge < -0.3 is 9.42 Å². The molecule has 1 saturated heterocycles. The highest BCUT2D eigenvalue weighted by Crippen LogP contribution is 2.28. The van der Waals surface area contributed by atoms with Crippen molar-refractivity contribution in [3.8, 4) is 0 Å². The smallest absolute Gasteiger partial charge is 0.325 e.